The number of benzene rings is 2. The van der Waals surface area contributed by atoms with Crippen molar-refractivity contribution in [1.82, 2.24) is 15.0 Å². The lowest BCUT2D eigenvalue weighted by molar-refractivity contribution is 0.101. The van der Waals surface area contributed by atoms with Crippen LogP contribution >= 0.6 is 11.6 Å². The molecule has 0 spiro atoms. The Morgan fingerprint density at radius 2 is 1.88 bits per heavy atom. The summed E-state index contributed by atoms with van der Waals surface area (Å²) in [5.74, 6) is -0.339. The highest BCUT2D eigenvalue weighted by molar-refractivity contribution is 6.30. The molecule has 1 N–H and O–H groups in total. The first-order chi connectivity index (χ1) is 11.7. The summed E-state index contributed by atoms with van der Waals surface area (Å²) in [7, 11) is 1.55. The van der Waals surface area contributed by atoms with Gasteiger partial charge in [-0.15, -0.1) is 5.10 Å². The van der Waals surface area contributed by atoms with E-state index < -0.39 is 0 Å². The van der Waals surface area contributed by atoms with Gasteiger partial charge in [-0.05, 0) is 36.4 Å². The van der Waals surface area contributed by atoms with Crippen LogP contribution in [-0.2, 0) is 11.3 Å². The summed E-state index contributed by atoms with van der Waals surface area (Å²) >= 11 is 5.91. The molecule has 0 unspecified atom stereocenters. The number of para-hydroxylation sites is 1. The fourth-order valence-electron chi connectivity index (χ4n) is 2.25. The normalized spacial score (nSPS) is 10.6. The van der Waals surface area contributed by atoms with Crippen molar-refractivity contribution < 1.29 is 9.53 Å². The molecule has 3 aromatic rings. The van der Waals surface area contributed by atoms with Crippen LogP contribution in [0, 0.1) is 0 Å². The number of ether oxygens (including phenoxy) is 1. The van der Waals surface area contributed by atoms with E-state index >= 15 is 0 Å². The first-order valence-corrected chi connectivity index (χ1v) is 7.62. The lowest BCUT2D eigenvalue weighted by Crippen LogP contribution is -2.16. The molecule has 0 saturated heterocycles. The molecule has 7 heteroatoms. The number of methoxy groups -OCH3 is 1. The van der Waals surface area contributed by atoms with Crippen LogP contribution in [0.4, 0.5) is 5.69 Å². The molecule has 0 bridgehead atoms. The predicted molar refractivity (Wildman–Crippen MR) is 91.5 cm³/mol. The molecule has 0 aliphatic heterocycles. The van der Waals surface area contributed by atoms with Crippen molar-refractivity contribution in [1.29, 1.82) is 0 Å². The summed E-state index contributed by atoms with van der Waals surface area (Å²) in [6.07, 6.45) is 0. The van der Waals surface area contributed by atoms with Crippen molar-refractivity contribution in [2.24, 2.45) is 0 Å². The maximum absolute atomic E-state index is 12.5. The predicted octanol–water partition coefficient (Wildman–Crippen LogP) is 3.32. The maximum atomic E-state index is 12.5. The van der Waals surface area contributed by atoms with Crippen LogP contribution < -0.4 is 5.32 Å². The fourth-order valence-corrected chi connectivity index (χ4v) is 2.37. The van der Waals surface area contributed by atoms with Crippen molar-refractivity contribution in [2.45, 2.75) is 6.61 Å². The van der Waals surface area contributed by atoms with Gasteiger partial charge in [0.2, 0.25) is 0 Å². The third-order valence-electron chi connectivity index (χ3n) is 3.36. The topological polar surface area (TPSA) is 69.0 Å². The molecule has 0 aliphatic carbocycles. The minimum absolute atomic E-state index is 0.202. The molecular weight excluding hydrogens is 328 g/mol. The molecule has 1 amide bonds. The number of aromatic nitrogens is 3. The van der Waals surface area contributed by atoms with Gasteiger partial charge in [-0.1, -0.05) is 35.0 Å². The molecule has 0 aliphatic rings. The van der Waals surface area contributed by atoms with Crippen molar-refractivity contribution in [3.05, 3.63) is 71.0 Å². The Kier molecular flexibility index (Phi) is 4.88. The number of rotatable bonds is 5. The fraction of sp³-hybridized carbons (Fsp3) is 0.118. The molecule has 0 saturated carbocycles. The monoisotopic (exact) mass is 342 g/mol. The lowest BCUT2D eigenvalue weighted by atomic mass is 10.2. The highest BCUT2D eigenvalue weighted by Crippen LogP contribution is 2.18. The van der Waals surface area contributed by atoms with Gasteiger partial charge in [0, 0.05) is 17.8 Å². The van der Waals surface area contributed by atoms with E-state index in [1.165, 1.54) is 0 Å². The van der Waals surface area contributed by atoms with E-state index in [0.717, 1.165) is 5.69 Å². The van der Waals surface area contributed by atoms with E-state index in [4.69, 9.17) is 16.3 Å². The number of carbonyl (C=O) groups excluding carboxylic acids is 1. The van der Waals surface area contributed by atoms with Crippen LogP contribution in [0.1, 0.15) is 16.2 Å². The Morgan fingerprint density at radius 3 is 2.54 bits per heavy atom. The van der Waals surface area contributed by atoms with Gasteiger partial charge < -0.3 is 10.1 Å². The third kappa shape index (κ3) is 3.45. The molecule has 6 nitrogen and oxygen atoms in total. The van der Waals surface area contributed by atoms with Gasteiger partial charge in [0.1, 0.15) is 5.69 Å². The molecule has 0 radical (unpaired) electrons. The van der Waals surface area contributed by atoms with E-state index in [9.17, 15) is 4.79 Å². The third-order valence-corrected chi connectivity index (χ3v) is 3.61. The molecule has 24 heavy (non-hydrogen) atoms. The van der Waals surface area contributed by atoms with Crippen molar-refractivity contribution >= 4 is 23.2 Å². The average Bonchev–Trinajstić information content (AvgIpc) is 3.01. The smallest absolute Gasteiger partial charge is 0.278 e. The largest absolute Gasteiger partial charge is 0.378 e. The maximum Gasteiger partial charge on any atom is 0.278 e. The summed E-state index contributed by atoms with van der Waals surface area (Å²) in [6.45, 7) is 0.202. The molecule has 1 aromatic heterocycles. The first-order valence-electron chi connectivity index (χ1n) is 7.25. The van der Waals surface area contributed by atoms with Crippen LogP contribution in [0.15, 0.2) is 54.6 Å². The second-order valence-corrected chi connectivity index (χ2v) is 5.46. The number of nitrogens with zero attached hydrogens (tertiary/aromatic N) is 3. The van der Waals surface area contributed by atoms with Gasteiger partial charge in [-0.3, -0.25) is 4.79 Å². The Balaban J connectivity index is 1.93. The van der Waals surface area contributed by atoms with Crippen LogP contribution in [0.3, 0.4) is 0 Å². The van der Waals surface area contributed by atoms with Crippen LogP contribution in [0.25, 0.3) is 5.69 Å². The van der Waals surface area contributed by atoms with E-state index in [-0.39, 0.29) is 18.2 Å². The number of hydrogen-bond acceptors (Lipinski definition) is 4. The summed E-state index contributed by atoms with van der Waals surface area (Å²) in [4.78, 5) is 12.5. The molecule has 0 fully saturated rings. The van der Waals surface area contributed by atoms with Crippen LogP contribution in [0.5, 0.6) is 0 Å². The average molecular weight is 343 g/mol. The van der Waals surface area contributed by atoms with Gasteiger partial charge in [0.05, 0.1) is 12.3 Å². The second-order valence-electron chi connectivity index (χ2n) is 5.03. The summed E-state index contributed by atoms with van der Waals surface area (Å²) in [5.41, 5.74) is 2.22. The number of carbonyl (C=O) groups is 1. The van der Waals surface area contributed by atoms with Gasteiger partial charge in [-0.25, -0.2) is 4.68 Å². The van der Waals surface area contributed by atoms with Gasteiger partial charge in [-0.2, -0.15) is 0 Å². The number of hydrogen-bond donors (Lipinski definition) is 1. The number of halogens is 1. The van der Waals surface area contributed by atoms with E-state index in [2.05, 4.69) is 15.6 Å². The Bertz CT molecular complexity index is 832. The zero-order valence-corrected chi connectivity index (χ0v) is 13.7. The summed E-state index contributed by atoms with van der Waals surface area (Å²) < 4.78 is 6.78. The molecule has 0 atom stereocenters. The number of anilines is 1. The van der Waals surface area contributed by atoms with E-state index in [1.54, 1.807) is 48.2 Å². The van der Waals surface area contributed by atoms with Crippen molar-refractivity contribution in [3.63, 3.8) is 0 Å². The zero-order chi connectivity index (χ0) is 16.9. The molecule has 1 heterocycles. The Labute approximate surface area is 144 Å². The van der Waals surface area contributed by atoms with Gasteiger partial charge in [0.15, 0.2) is 5.69 Å². The van der Waals surface area contributed by atoms with Crippen LogP contribution in [0.2, 0.25) is 5.02 Å². The molecule has 122 valence electrons. The van der Waals surface area contributed by atoms with Crippen molar-refractivity contribution in [2.75, 3.05) is 12.4 Å². The second kappa shape index (κ2) is 7.25. The Hall–Kier alpha value is -2.70. The van der Waals surface area contributed by atoms with Crippen molar-refractivity contribution in [3.8, 4) is 5.69 Å². The summed E-state index contributed by atoms with van der Waals surface area (Å²) in [5, 5.41) is 11.5. The molecule has 3 rings (SSSR count). The minimum Gasteiger partial charge on any atom is -0.378 e. The molecular formula is C17H15ClN4O2. The first kappa shape index (κ1) is 16.2. The van der Waals surface area contributed by atoms with E-state index in [0.29, 0.717) is 16.4 Å². The highest BCUT2D eigenvalue weighted by Gasteiger charge is 2.20. The quantitative estimate of drug-likeness (QED) is 0.772. The van der Waals surface area contributed by atoms with Gasteiger partial charge >= 0.3 is 0 Å². The lowest BCUT2D eigenvalue weighted by Gasteiger charge is -2.08. The number of nitrogens with one attached hydrogen (secondary N) is 1. The molecule has 2 aromatic carbocycles. The zero-order valence-electron chi connectivity index (χ0n) is 12.9. The minimum atomic E-state index is -0.339. The standard InChI is InChI=1S/C17H15ClN4O2/c1-24-11-15-16(17(23)19-13-5-3-2-4-6-13)20-21-22(15)14-9-7-12(18)8-10-14/h2-10H,11H2,1H3,(H,19,23). The van der Waals surface area contributed by atoms with Crippen LogP contribution in [-0.4, -0.2) is 28.0 Å². The number of amides is 1. The van der Waals surface area contributed by atoms with Gasteiger partial charge in [0.25, 0.3) is 5.91 Å². The SMILES string of the molecule is COCc1c(C(=O)Nc2ccccc2)nnn1-c1ccc(Cl)cc1. The van der Waals surface area contributed by atoms with E-state index in [1.807, 2.05) is 18.2 Å². The summed E-state index contributed by atoms with van der Waals surface area (Å²) in [6, 6.07) is 16.3. The Morgan fingerprint density at radius 1 is 1.17 bits per heavy atom. The highest BCUT2D eigenvalue weighted by atomic mass is 35.5.